The molecule has 0 saturated carbocycles. The van der Waals surface area contributed by atoms with Crippen molar-refractivity contribution in [2.75, 3.05) is 6.54 Å². The van der Waals surface area contributed by atoms with Crippen molar-refractivity contribution in [1.29, 1.82) is 0 Å². The van der Waals surface area contributed by atoms with Crippen LogP contribution in [0.1, 0.15) is 43.8 Å². The van der Waals surface area contributed by atoms with Crippen LogP contribution in [0.3, 0.4) is 0 Å². The Balaban J connectivity index is 2.31. The minimum Gasteiger partial charge on any atom is -0.310 e. The van der Waals surface area contributed by atoms with E-state index in [-0.39, 0.29) is 6.04 Å². The van der Waals surface area contributed by atoms with Gasteiger partial charge in [0.05, 0.1) is 16.4 Å². The number of aryl methyl sites for hydroxylation is 2. The number of rotatable bonds is 7. The molecule has 0 spiro atoms. The highest BCUT2D eigenvalue weighted by molar-refractivity contribution is 6.31. The molecule has 1 N–H and O–H groups in total. The molecular formula is C17H24ClN3. The Morgan fingerprint density at radius 3 is 2.48 bits per heavy atom. The topological polar surface area (TPSA) is 29.9 Å². The standard InChI is InChI=1S/C17H24ClN3/c1-4-14-17(18)16(21(6-3)20-14)12-15(19-5-2)13-10-8-7-9-11-13/h7-11,15,19H,4-6,12H2,1-3H3. The molecule has 0 amide bonds. The van der Waals surface area contributed by atoms with Gasteiger partial charge in [-0.2, -0.15) is 5.10 Å². The lowest BCUT2D eigenvalue weighted by molar-refractivity contribution is 0.516. The highest BCUT2D eigenvalue weighted by atomic mass is 35.5. The van der Waals surface area contributed by atoms with Crippen molar-refractivity contribution in [3.8, 4) is 0 Å². The van der Waals surface area contributed by atoms with Crippen molar-refractivity contribution < 1.29 is 0 Å². The molecule has 0 aliphatic rings. The van der Waals surface area contributed by atoms with Crippen molar-refractivity contribution in [2.45, 2.75) is 46.2 Å². The van der Waals surface area contributed by atoms with Crippen molar-refractivity contribution in [2.24, 2.45) is 0 Å². The van der Waals surface area contributed by atoms with E-state index in [0.29, 0.717) is 0 Å². The highest BCUT2D eigenvalue weighted by Gasteiger charge is 2.19. The Morgan fingerprint density at radius 2 is 1.90 bits per heavy atom. The Bertz CT molecular complexity index is 563. The Hall–Kier alpha value is -1.32. The fourth-order valence-corrected chi connectivity index (χ4v) is 2.99. The van der Waals surface area contributed by atoms with Gasteiger partial charge in [-0.25, -0.2) is 0 Å². The maximum absolute atomic E-state index is 6.53. The van der Waals surface area contributed by atoms with Gasteiger partial charge in [0, 0.05) is 19.0 Å². The van der Waals surface area contributed by atoms with E-state index in [1.165, 1.54) is 5.56 Å². The van der Waals surface area contributed by atoms with E-state index in [0.717, 1.165) is 42.3 Å². The first-order valence-corrected chi connectivity index (χ1v) is 8.11. The van der Waals surface area contributed by atoms with Crippen molar-refractivity contribution in [1.82, 2.24) is 15.1 Å². The molecule has 0 saturated heterocycles. The highest BCUT2D eigenvalue weighted by Crippen LogP contribution is 2.27. The largest absolute Gasteiger partial charge is 0.310 e. The zero-order valence-corrected chi connectivity index (χ0v) is 13.8. The SMILES string of the molecule is CCNC(Cc1c(Cl)c(CC)nn1CC)c1ccccc1. The molecule has 4 heteroatoms. The van der Waals surface area contributed by atoms with E-state index >= 15 is 0 Å². The summed E-state index contributed by atoms with van der Waals surface area (Å²) in [5, 5.41) is 9.00. The van der Waals surface area contributed by atoms with E-state index in [1.807, 2.05) is 10.7 Å². The molecule has 0 radical (unpaired) electrons. The molecule has 2 rings (SSSR count). The van der Waals surface area contributed by atoms with Crippen LogP contribution in [0, 0.1) is 0 Å². The molecule has 1 heterocycles. The van der Waals surface area contributed by atoms with E-state index in [4.69, 9.17) is 11.6 Å². The summed E-state index contributed by atoms with van der Waals surface area (Å²) in [5.74, 6) is 0. The number of likely N-dealkylation sites (N-methyl/N-ethyl adjacent to an activating group) is 1. The molecule has 2 aromatic rings. The first-order chi connectivity index (χ1) is 10.2. The lowest BCUT2D eigenvalue weighted by Crippen LogP contribution is -2.24. The van der Waals surface area contributed by atoms with Crippen LogP contribution in [0.25, 0.3) is 0 Å². The van der Waals surface area contributed by atoms with Gasteiger partial charge in [-0.15, -0.1) is 0 Å². The quantitative estimate of drug-likeness (QED) is 0.837. The fourth-order valence-electron chi connectivity index (χ4n) is 2.65. The summed E-state index contributed by atoms with van der Waals surface area (Å²) in [5.41, 5.74) is 3.42. The van der Waals surface area contributed by atoms with Crippen LogP contribution in [0.4, 0.5) is 0 Å². The summed E-state index contributed by atoms with van der Waals surface area (Å²) in [7, 11) is 0. The molecule has 0 fully saturated rings. The van der Waals surface area contributed by atoms with Crippen LogP contribution < -0.4 is 5.32 Å². The van der Waals surface area contributed by atoms with Crippen LogP contribution in [-0.2, 0) is 19.4 Å². The van der Waals surface area contributed by atoms with Gasteiger partial charge in [0.15, 0.2) is 0 Å². The van der Waals surface area contributed by atoms with E-state index in [9.17, 15) is 0 Å². The summed E-state index contributed by atoms with van der Waals surface area (Å²) in [6.07, 6.45) is 1.73. The van der Waals surface area contributed by atoms with Crippen LogP contribution >= 0.6 is 11.6 Å². The van der Waals surface area contributed by atoms with Gasteiger partial charge in [-0.3, -0.25) is 4.68 Å². The molecular weight excluding hydrogens is 282 g/mol. The first-order valence-electron chi connectivity index (χ1n) is 7.73. The first kappa shape index (κ1) is 16.1. The third kappa shape index (κ3) is 3.66. The second-order valence-electron chi connectivity index (χ2n) is 5.10. The summed E-state index contributed by atoms with van der Waals surface area (Å²) in [6.45, 7) is 8.11. The maximum Gasteiger partial charge on any atom is 0.0850 e. The molecule has 1 aromatic heterocycles. The number of hydrogen-bond acceptors (Lipinski definition) is 2. The number of benzene rings is 1. The molecule has 1 atom stereocenters. The monoisotopic (exact) mass is 305 g/mol. The Morgan fingerprint density at radius 1 is 1.19 bits per heavy atom. The van der Waals surface area contributed by atoms with Gasteiger partial charge < -0.3 is 5.32 Å². The van der Waals surface area contributed by atoms with Gasteiger partial charge in [0.25, 0.3) is 0 Å². The normalized spacial score (nSPS) is 12.6. The number of aromatic nitrogens is 2. The molecule has 21 heavy (non-hydrogen) atoms. The summed E-state index contributed by atoms with van der Waals surface area (Å²) >= 11 is 6.53. The minimum atomic E-state index is 0.264. The van der Waals surface area contributed by atoms with Crippen LogP contribution in [0.5, 0.6) is 0 Å². The Labute approximate surface area is 132 Å². The third-order valence-corrected chi connectivity index (χ3v) is 4.18. The molecule has 0 aliphatic carbocycles. The predicted molar refractivity (Wildman–Crippen MR) is 88.9 cm³/mol. The van der Waals surface area contributed by atoms with Gasteiger partial charge in [-0.05, 0) is 25.5 Å². The maximum atomic E-state index is 6.53. The fraction of sp³-hybridized carbons (Fsp3) is 0.471. The predicted octanol–water partition coefficient (Wildman–Crippen LogP) is 4.01. The number of nitrogens with one attached hydrogen (secondary N) is 1. The zero-order chi connectivity index (χ0) is 15.2. The molecule has 3 nitrogen and oxygen atoms in total. The Kier molecular flexibility index (Phi) is 5.83. The van der Waals surface area contributed by atoms with Crippen LogP contribution in [-0.4, -0.2) is 16.3 Å². The second-order valence-corrected chi connectivity index (χ2v) is 5.48. The van der Waals surface area contributed by atoms with Crippen molar-refractivity contribution in [3.05, 3.63) is 52.3 Å². The smallest absolute Gasteiger partial charge is 0.0850 e. The van der Waals surface area contributed by atoms with E-state index in [2.05, 4.69) is 55.5 Å². The number of hydrogen-bond donors (Lipinski definition) is 1. The molecule has 1 aromatic carbocycles. The molecule has 0 bridgehead atoms. The molecule has 0 aliphatic heterocycles. The summed E-state index contributed by atoms with van der Waals surface area (Å²) < 4.78 is 2.04. The average Bonchev–Trinajstić information content (AvgIpc) is 2.83. The lowest BCUT2D eigenvalue weighted by Gasteiger charge is -2.19. The van der Waals surface area contributed by atoms with Crippen molar-refractivity contribution >= 4 is 11.6 Å². The van der Waals surface area contributed by atoms with Gasteiger partial charge >= 0.3 is 0 Å². The molecule has 114 valence electrons. The average molecular weight is 306 g/mol. The van der Waals surface area contributed by atoms with Crippen LogP contribution in [0.15, 0.2) is 30.3 Å². The lowest BCUT2D eigenvalue weighted by atomic mass is 10.0. The summed E-state index contributed by atoms with van der Waals surface area (Å²) in [4.78, 5) is 0. The van der Waals surface area contributed by atoms with Gasteiger partial charge in [-0.1, -0.05) is 55.8 Å². The third-order valence-electron chi connectivity index (χ3n) is 3.74. The van der Waals surface area contributed by atoms with E-state index < -0.39 is 0 Å². The molecule has 1 unspecified atom stereocenters. The van der Waals surface area contributed by atoms with Crippen molar-refractivity contribution in [3.63, 3.8) is 0 Å². The summed E-state index contributed by atoms with van der Waals surface area (Å²) in [6, 6.07) is 10.8. The van der Waals surface area contributed by atoms with Gasteiger partial charge in [0.1, 0.15) is 0 Å². The number of halogens is 1. The number of nitrogens with zero attached hydrogens (tertiary/aromatic N) is 2. The second kappa shape index (κ2) is 7.62. The van der Waals surface area contributed by atoms with Gasteiger partial charge in [0.2, 0.25) is 0 Å². The zero-order valence-electron chi connectivity index (χ0n) is 13.1. The minimum absolute atomic E-state index is 0.264. The van der Waals surface area contributed by atoms with Crippen LogP contribution in [0.2, 0.25) is 5.02 Å². The van der Waals surface area contributed by atoms with E-state index in [1.54, 1.807) is 0 Å².